The minimum atomic E-state index is 0.456. The maximum Gasteiger partial charge on any atom is 0.0481 e. The third-order valence-electron chi connectivity index (χ3n) is 1.81. The molecule has 0 aliphatic heterocycles. The van der Waals surface area contributed by atoms with Crippen molar-refractivity contribution in [2.24, 2.45) is 0 Å². The molecule has 0 saturated carbocycles. The second kappa shape index (κ2) is 3.42. The molecule has 1 heteroatoms. The number of hydrogen-bond donors (Lipinski definition) is 1. The molecule has 0 aromatic heterocycles. The van der Waals surface area contributed by atoms with Gasteiger partial charge in [0.2, 0.25) is 0 Å². The van der Waals surface area contributed by atoms with Crippen LogP contribution in [0.15, 0.2) is 36.1 Å². The summed E-state index contributed by atoms with van der Waals surface area (Å²) in [6.07, 6.45) is 7.31. The number of allylic oxidation sites excluding steroid dienone is 2. The first kappa shape index (κ1) is 8.12. The molecule has 0 heterocycles. The van der Waals surface area contributed by atoms with Crippen LogP contribution in [-0.4, -0.2) is 6.04 Å². The van der Waals surface area contributed by atoms with E-state index in [0.29, 0.717) is 6.04 Å². The van der Waals surface area contributed by atoms with Gasteiger partial charge < -0.3 is 5.32 Å². The summed E-state index contributed by atoms with van der Waals surface area (Å²) in [4.78, 5) is 0. The molecule has 11 heavy (non-hydrogen) atoms. The molecule has 0 aromatic carbocycles. The van der Waals surface area contributed by atoms with E-state index in [2.05, 4.69) is 37.9 Å². The van der Waals surface area contributed by atoms with Crippen LogP contribution in [0.2, 0.25) is 0 Å². The zero-order chi connectivity index (χ0) is 8.27. The van der Waals surface area contributed by atoms with Gasteiger partial charge >= 0.3 is 0 Å². The molecular formula is C10H15N. The lowest BCUT2D eigenvalue weighted by atomic mass is 9.98. The Morgan fingerprint density at radius 1 is 1.64 bits per heavy atom. The Bertz CT molecular complexity index is 211. The van der Waals surface area contributed by atoms with Crippen molar-refractivity contribution >= 4 is 0 Å². The summed E-state index contributed by atoms with van der Waals surface area (Å²) in [6.45, 7) is 7.93. The Hall–Kier alpha value is -0.980. The van der Waals surface area contributed by atoms with Crippen LogP contribution >= 0.6 is 0 Å². The maximum absolute atomic E-state index is 3.65. The lowest BCUT2D eigenvalue weighted by molar-refractivity contribution is 0.679. The molecule has 0 spiro atoms. The lowest BCUT2D eigenvalue weighted by Gasteiger charge is -2.18. The molecule has 1 aliphatic rings. The molecule has 0 saturated heterocycles. The van der Waals surface area contributed by atoms with E-state index in [-0.39, 0.29) is 0 Å². The molecule has 0 amide bonds. The average Bonchev–Trinajstić information content (AvgIpc) is 1.85. The first-order chi connectivity index (χ1) is 5.22. The van der Waals surface area contributed by atoms with Crippen molar-refractivity contribution in [1.29, 1.82) is 0 Å². The highest BCUT2D eigenvalue weighted by atomic mass is 14.9. The fraction of sp³-hybridized carbons (Fsp3) is 0.400. The molecule has 1 N–H and O–H groups in total. The highest BCUT2D eigenvalue weighted by Crippen LogP contribution is 2.16. The highest BCUT2D eigenvalue weighted by Gasteiger charge is 2.07. The predicted octanol–water partition coefficient (Wildman–Crippen LogP) is 2.38. The second-order valence-electron chi connectivity index (χ2n) is 3.08. The van der Waals surface area contributed by atoms with Gasteiger partial charge in [-0.2, -0.15) is 0 Å². The first-order valence-electron chi connectivity index (χ1n) is 3.95. The van der Waals surface area contributed by atoms with Gasteiger partial charge in [0.15, 0.2) is 0 Å². The van der Waals surface area contributed by atoms with Crippen molar-refractivity contribution in [1.82, 2.24) is 5.32 Å². The van der Waals surface area contributed by atoms with E-state index in [1.54, 1.807) is 6.20 Å². The van der Waals surface area contributed by atoms with E-state index in [1.165, 1.54) is 11.1 Å². The average molecular weight is 149 g/mol. The normalized spacial score (nSPS) is 23.6. The molecule has 60 valence electrons. The standard InChI is InChI=1S/C10H15N/c1-4-11-10-6-8(2)5-9(3)7-10/h4-6,10-11H,1,7H2,2-3H3. The summed E-state index contributed by atoms with van der Waals surface area (Å²) in [5.41, 5.74) is 2.78. The molecule has 1 atom stereocenters. The van der Waals surface area contributed by atoms with Crippen LogP contribution in [0.3, 0.4) is 0 Å². The number of nitrogens with one attached hydrogen (secondary N) is 1. The quantitative estimate of drug-likeness (QED) is 0.635. The Labute approximate surface area is 68.5 Å². The van der Waals surface area contributed by atoms with E-state index in [0.717, 1.165) is 6.42 Å². The van der Waals surface area contributed by atoms with E-state index < -0.39 is 0 Å². The topological polar surface area (TPSA) is 12.0 Å². The molecular weight excluding hydrogens is 134 g/mol. The van der Waals surface area contributed by atoms with Crippen molar-refractivity contribution in [2.45, 2.75) is 26.3 Å². The van der Waals surface area contributed by atoms with Gasteiger partial charge in [0.05, 0.1) is 0 Å². The summed E-state index contributed by atoms with van der Waals surface area (Å²) in [6, 6.07) is 0.456. The van der Waals surface area contributed by atoms with Gasteiger partial charge in [-0.15, -0.1) is 0 Å². The summed E-state index contributed by atoms with van der Waals surface area (Å²) < 4.78 is 0. The first-order valence-corrected chi connectivity index (χ1v) is 3.95. The fourth-order valence-electron chi connectivity index (χ4n) is 1.48. The Morgan fingerprint density at radius 2 is 2.36 bits per heavy atom. The van der Waals surface area contributed by atoms with E-state index in [4.69, 9.17) is 0 Å². The van der Waals surface area contributed by atoms with E-state index >= 15 is 0 Å². The molecule has 1 aliphatic carbocycles. The lowest BCUT2D eigenvalue weighted by Crippen LogP contribution is -2.23. The van der Waals surface area contributed by atoms with Crippen LogP contribution in [0.5, 0.6) is 0 Å². The Kier molecular flexibility index (Phi) is 2.53. The minimum Gasteiger partial charge on any atom is -0.385 e. The third kappa shape index (κ3) is 2.26. The van der Waals surface area contributed by atoms with Crippen LogP contribution in [0, 0.1) is 0 Å². The van der Waals surface area contributed by atoms with Gasteiger partial charge in [-0.1, -0.05) is 29.9 Å². The zero-order valence-corrected chi connectivity index (χ0v) is 7.22. The molecule has 1 rings (SSSR count). The minimum absolute atomic E-state index is 0.456. The van der Waals surface area contributed by atoms with Crippen LogP contribution < -0.4 is 5.32 Å². The predicted molar refractivity (Wildman–Crippen MR) is 49.3 cm³/mol. The largest absolute Gasteiger partial charge is 0.385 e. The van der Waals surface area contributed by atoms with Crippen molar-refractivity contribution in [3.63, 3.8) is 0 Å². The van der Waals surface area contributed by atoms with Gasteiger partial charge in [0, 0.05) is 6.04 Å². The number of hydrogen-bond acceptors (Lipinski definition) is 1. The van der Waals surface area contributed by atoms with E-state index in [9.17, 15) is 0 Å². The molecule has 1 unspecified atom stereocenters. The molecule has 0 bridgehead atoms. The SMILES string of the molecule is C=CNC1C=C(C)C=C(C)C1. The highest BCUT2D eigenvalue weighted by molar-refractivity contribution is 5.28. The van der Waals surface area contributed by atoms with Crippen molar-refractivity contribution in [2.75, 3.05) is 0 Å². The van der Waals surface area contributed by atoms with Crippen LogP contribution in [0.4, 0.5) is 0 Å². The summed E-state index contributed by atoms with van der Waals surface area (Å²) in [5.74, 6) is 0. The maximum atomic E-state index is 3.65. The zero-order valence-electron chi connectivity index (χ0n) is 7.22. The summed E-state index contributed by atoms with van der Waals surface area (Å²) >= 11 is 0. The summed E-state index contributed by atoms with van der Waals surface area (Å²) in [7, 11) is 0. The molecule has 0 radical (unpaired) electrons. The van der Waals surface area contributed by atoms with Crippen LogP contribution in [0.1, 0.15) is 20.3 Å². The van der Waals surface area contributed by atoms with Gasteiger partial charge in [-0.25, -0.2) is 0 Å². The van der Waals surface area contributed by atoms with Gasteiger partial charge in [0.1, 0.15) is 0 Å². The summed E-state index contributed by atoms with van der Waals surface area (Å²) in [5, 5.41) is 3.19. The van der Waals surface area contributed by atoms with Gasteiger partial charge in [0.25, 0.3) is 0 Å². The van der Waals surface area contributed by atoms with Crippen molar-refractivity contribution < 1.29 is 0 Å². The van der Waals surface area contributed by atoms with Gasteiger partial charge in [-0.05, 0) is 26.5 Å². The third-order valence-corrected chi connectivity index (χ3v) is 1.81. The van der Waals surface area contributed by atoms with Crippen LogP contribution in [-0.2, 0) is 0 Å². The smallest absolute Gasteiger partial charge is 0.0481 e. The van der Waals surface area contributed by atoms with Crippen molar-refractivity contribution in [3.05, 3.63) is 36.1 Å². The molecule has 0 fully saturated rings. The Morgan fingerprint density at radius 3 is 2.91 bits per heavy atom. The number of rotatable bonds is 2. The molecule has 0 aromatic rings. The Balaban J connectivity index is 2.62. The van der Waals surface area contributed by atoms with Crippen LogP contribution in [0.25, 0.3) is 0 Å². The second-order valence-corrected chi connectivity index (χ2v) is 3.08. The molecule has 1 nitrogen and oxygen atoms in total. The van der Waals surface area contributed by atoms with Gasteiger partial charge in [-0.3, -0.25) is 0 Å². The fourth-order valence-corrected chi connectivity index (χ4v) is 1.48. The monoisotopic (exact) mass is 149 g/mol. The van der Waals surface area contributed by atoms with Crippen molar-refractivity contribution in [3.8, 4) is 0 Å². The van der Waals surface area contributed by atoms with E-state index in [1.807, 2.05) is 0 Å².